The van der Waals surface area contributed by atoms with Gasteiger partial charge in [-0.15, -0.1) is 24.8 Å². The first kappa shape index (κ1) is 27.5. The molecule has 1 aliphatic rings. The van der Waals surface area contributed by atoms with Gasteiger partial charge in [0, 0.05) is 54.8 Å². The number of ether oxygens (including phenoxy) is 1. The van der Waals surface area contributed by atoms with Crippen molar-refractivity contribution in [2.75, 3.05) is 26.2 Å². The normalized spacial score (nSPS) is 15.5. The maximum absolute atomic E-state index is 12.0. The van der Waals surface area contributed by atoms with Gasteiger partial charge in [0.2, 0.25) is 0 Å². The summed E-state index contributed by atoms with van der Waals surface area (Å²) in [6, 6.07) is 13.9. The van der Waals surface area contributed by atoms with E-state index >= 15 is 0 Å². The Bertz CT molecular complexity index is 1110. The molecule has 2 aromatic carbocycles. The highest BCUT2D eigenvalue weighted by Crippen LogP contribution is 2.26. The van der Waals surface area contributed by atoms with Crippen LogP contribution in [0.15, 0.2) is 51.7 Å². The third-order valence-electron chi connectivity index (χ3n) is 6.18. The molecule has 2 heterocycles. The number of fused-ring (bicyclic) bond motifs is 1. The number of hydrogen-bond donors (Lipinski definition) is 0. The van der Waals surface area contributed by atoms with Crippen LogP contribution in [0.1, 0.15) is 30.0 Å². The number of rotatable bonds is 6. The highest BCUT2D eigenvalue weighted by atomic mass is 35.5. The zero-order chi connectivity index (χ0) is 22.0. The van der Waals surface area contributed by atoms with Crippen molar-refractivity contribution >= 4 is 47.4 Å². The van der Waals surface area contributed by atoms with Crippen molar-refractivity contribution in [2.45, 2.75) is 40.0 Å². The number of halogens is 3. The molecule has 1 atom stereocenters. The van der Waals surface area contributed by atoms with Gasteiger partial charge in [0.25, 0.3) is 0 Å². The van der Waals surface area contributed by atoms with Crippen LogP contribution in [0, 0.1) is 13.8 Å². The fourth-order valence-corrected chi connectivity index (χ4v) is 4.26. The minimum Gasteiger partial charge on any atom is -0.475 e. The lowest BCUT2D eigenvalue weighted by molar-refractivity contribution is -0.0113. The molecule has 1 saturated heterocycles. The third-order valence-corrected chi connectivity index (χ3v) is 6.44. The van der Waals surface area contributed by atoms with E-state index in [2.05, 4.69) is 28.9 Å². The lowest BCUT2D eigenvalue weighted by Gasteiger charge is -2.38. The van der Waals surface area contributed by atoms with Crippen molar-refractivity contribution in [1.29, 1.82) is 0 Å². The summed E-state index contributed by atoms with van der Waals surface area (Å²) in [5.74, 6) is 0.731. The molecule has 0 spiro atoms. The number of piperazine rings is 1. The molecule has 0 amide bonds. The molecule has 0 radical (unpaired) electrons. The molecule has 5 nitrogen and oxygen atoms in total. The van der Waals surface area contributed by atoms with E-state index < -0.39 is 0 Å². The van der Waals surface area contributed by atoms with E-state index in [0.29, 0.717) is 11.1 Å². The summed E-state index contributed by atoms with van der Waals surface area (Å²) in [4.78, 5) is 16.9. The summed E-state index contributed by atoms with van der Waals surface area (Å²) < 4.78 is 11.8. The fraction of sp³-hybridized carbons (Fsp3) is 0.400. The van der Waals surface area contributed by atoms with Crippen molar-refractivity contribution in [3.8, 4) is 5.75 Å². The summed E-state index contributed by atoms with van der Waals surface area (Å²) in [5.41, 5.74) is 3.19. The number of hydrogen-bond acceptors (Lipinski definition) is 5. The molecule has 1 aromatic heterocycles. The first-order valence-electron chi connectivity index (χ1n) is 10.9. The van der Waals surface area contributed by atoms with Gasteiger partial charge in [-0.1, -0.05) is 30.7 Å². The Morgan fingerprint density at radius 3 is 2.30 bits per heavy atom. The van der Waals surface area contributed by atoms with Crippen LogP contribution in [-0.4, -0.2) is 42.2 Å². The van der Waals surface area contributed by atoms with Gasteiger partial charge in [-0.3, -0.25) is 9.80 Å². The van der Waals surface area contributed by atoms with E-state index in [-0.39, 0.29) is 36.7 Å². The molecule has 0 saturated carbocycles. The molecular weight excluding hydrogens is 483 g/mol. The Balaban J connectivity index is 0.00000193. The van der Waals surface area contributed by atoms with E-state index in [9.17, 15) is 4.79 Å². The maximum Gasteiger partial charge on any atom is 0.339 e. The monoisotopic (exact) mass is 512 g/mol. The number of benzene rings is 2. The van der Waals surface area contributed by atoms with Gasteiger partial charge in [-0.2, -0.15) is 0 Å². The van der Waals surface area contributed by atoms with Crippen molar-refractivity contribution < 1.29 is 9.15 Å². The highest BCUT2D eigenvalue weighted by molar-refractivity contribution is 6.30. The van der Waals surface area contributed by atoms with Gasteiger partial charge in [-0.05, 0) is 55.7 Å². The van der Waals surface area contributed by atoms with Crippen LogP contribution in [-0.2, 0) is 6.54 Å². The summed E-state index contributed by atoms with van der Waals surface area (Å²) >= 11 is 5.99. The van der Waals surface area contributed by atoms with Crippen LogP contribution >= 0.6 is 36.4 Å². The second-order valence-electron chi connectivity index (χ2n) is 8.22. The van der Waals surface area contributed by atoms with Crippen LogP contribution in [0.3, 0.4) is 0 Å². The van der Waals surface area contributed by atoms with Crippen molar-refractivity contribution in [3.63, 3.8) is 0 Å². The maximum atomic E-state index is 12.0. The summed E-state index contributed by atoms with van der Waals surface area (Å²) in [6.45, 7) is 10.7. The Hall–Kier alpha value is -1.76. The summed E-state index contributed by atoms with van der Waals surface area (Å²) in [7, 11) is 0. The first-order chi connectivity index (χ1) is 14.9. The first-order valence-corrected chi connectivity index (χ1v) is 11.2. The fourth-order valence-electron chi connectivity index (χ4n) is 4.13. The van der Waals surface area contributed by atoms with E-state index in [1.165, 1.54) is 5.56 Å². The third kappa shape index (κ3) is 6.43. The minimum atomic E-state index is -0.286. The predicted molar refractivity (Wildman–Crippen MR) is 139 cm³/mol. The van der Waals surface area contributed by atoms with Crippen LogP contribution < -0.4 is 10.4 Å². The van der Waals surface area contributed by atoms with Gasteiger partial charge < -0.3 is 9.15 Å². The average Bonchev–Trinajstić information content (AvgIpc) is 2.78. The SMILES string of the molecule is CCC(Oc1ccc2c(C)c(C)c(=O)oc2c1)N1CCN(Cc2ccc(Cl)cc2)CC1.Cl.Cl. The second kappa shape index (κ2) is 12.1. The topological polar surface area (TPSA) is 45.9 Å². The lowest BCUT2D eigenvalue weighted by atomic mass is 10.1. The Labute approximate surface area is 212 Å². The van der Waals surface area contributed by atoms with Crippen molar-refractivity contribution in [3.05, 3.63) is 74.6 Å². The van der Waals surface area contributed by atoms with Crippen molar-refractivity contribution in [1.82, 2.24) is 9.80 Å². The average molecular weight is 514 g/mol. The van der Waals surface area contributed by atoms with Crippen molar-refractivity contribution in [2.24, 2.45) is 0 Å². The number of aryl methyl sites for hydroxylation is 1. The Morgan fingerprint density at radius 1 is 1.00 bits per heavy atom. The van der Waals surface area contributed by atoms with Gasteiger partial charge in [0.15, 0.2) is 6.23 Å². The van der Waals surface area contributed by atoms with Gasteiger partial charge in [0.05, 0.1) is 0 Å². The zero-order valence-electron chi connectivity index (χ0n) is 19.2. The molecule has 33 heavy (non-hydrogen) atoms. The molecule has 8 heteroatoms. The van der Waals surface area contributed by atoms with Crippen LogP contribution in [0.4, 0.5) is 0 Å². The van der Waals surface area contributed by atoms with E-state index in [0.717, 1.165) is 60.9 Å². The minimum absolute atomic E-state index is 0. The van der Waals surface area contributed by atoms with Gasteiger partial charge in [0.1, 0.15) is 11.3 Å². The predicted octanol–water partition coefficient (Wildman–Crippen LogP) is 5.84. The summed E-state index contributed by atoms with van der Waals surface area (Å²) in [6.07, 6.45) is 0.875. The van der Waals surface area contributed by atoms with E-state index in [4.69, 9.17) is 20.8 Å². The molecule has 1 aliphatic heterocycles. The van der Waals surface area contributed by atoms with Crippen LogP contribution in [0.2, 0.25) is 5.02 Å². The van der Waals surface area contributed by atoms with Crippen LogP contribution in [0.5, 0.6) is 5.75 Å². The van der Waals surface area contributed by atoms with Gasteiger partial charge in [-0.25, -0.2) is 4.79 Å². The molecule has 0 aliphatic carbocycles. The Morgan fingerprint density at radius 2 is 1.67 bits per heavy atom. The molecule has 4 rings (SSSR count). The molecular formula is C25H31Cl3N2O3. The molecule has 0 bridgehead atoms. The van der Waals surface area contributed by atoms with Crippen LogP contribution in [0.25, 0.3) is 11.0 Å². The highest BCUT2D eigenvalue weighted by Gasteiger charge is 2.24. The van der Waals surface area contributed by atoms with E-state index in [1.807, 2.05) is 37.3 Å². The lowest BCUT2D eigenvalue weighted by Crippen LogP contribution is -2.51. The Kier molecular flexibility index (Phi) is 10.1. The van der Waals surface area contributed by atoms with Gasteiger partial charge >= 0.3 is 5.63 Å². The summed E-state index contributed by atoms with van der Waals surface area (Å²) in [5, 5.41) is 1.73. The standard InChI is InChI=1S/C25H29ClN2O3.2ClH/c1-4-24(28-13-11-27(12-14-28)16-19-5-7-20(26)8-6-19)30-21-9-10-22-17(2)18(3)25(29)31-23(22)15-21;;/h5-10,15,24H,4,11-14,16H2,1-3H3;2*1H. The molecule has 1 unspecified atom stereocenters. The zero-order valence-corrected chi connectivity index (χ0v) is 21.6. The smallest absolute Gasteiger partial charge is 0.339 e. The largest absolute Gasteiger partial charge is 0.475 e. The van der Waals surface area contributed by atoms with E-state index in [1.54, 1.807) is 6.92 Å². The molecule has 1 fully saturated rings. The molecule has 180 valence electrons. The molecule has 0 N–H and O–H groups in total. The quantitative estimate of drug-likeness (QED) is 0.388. The molecule has 3 aromatic rings. The number of nitrogens with zero attached hydrogens (tertiary/aromatic N) is 2. The second-order valence-corrected chi connectivity index (χ2v) is 8.65.